The summed E-state index contributed by atoms with van der Waals surface area (Å²) in [6, 6.07) is 0.849. The van der Waals surface area contributed by atoms with E-state index < -0.39 is 0 Å². The van der Waals surface area contributed by atoms with E-state index in [0.717, 1.165) is 12.0 Å². The molecule has 0 aromatic carbocycles. The zero-order chi connectivity index (χ0) is 9.52. The summed E-state index contributed by atoms with van der Waals surface area (Å²) in [5.74, 6) is 0.982. The molecule has 1 aliphatic heterocycles. The molecular formula is C12H25N. The first-order valence-electron chi connectivity index (χ1n) is 6.10. The van der Waals surface area contributed by atoms with Gasteiger partial charge in [0, 0.05) is 6.04 Å². The van der Waals surface area contributed by atoms with Crippen LogP contribution in [0.1, 0.15) is 58.8 Å². The van der Waals surface area contributed by atoms with E-state index in [1.165, 1.54) is 51.5 Å². The Morgan fingerprint density at radius 2 is 2.23 bits per heavy atom. The second kappa shape index (κ2) is 6.42. The van der Waals surface area contributed by atoms with Crippen molar-refractivity contribution in [3.63, 3.8) is 0 Å². The van der Waals surface area contributed by atoms with E-state index >= 15 is 0 Å². The van der Waals surface area contributed by atoms with Crippen molar-refractivity contribution in [3.8, 4) is 0 Å². The molecule has 1 rings (SSSR count). The van der Waals surface area contributed by atoms with E-state index in [0.29, 0.717) is 0 Å². The average Bonchev–Trinajstić information content (AvgIpc) is 2.64. The lowest BCUT2D eigenvalue weighted by atomic mass is 9.91. The minimum absolute atomic E-state index is 0.849. The smallest absolute Gasteiger partial charge is 0.00701 e. The van der Waals surface area contributed by atoms with Crippen LogP contribution in [0.3, 0.4) is 0 Å². The van der Waals surface area contributed by atoms with Gasteiger partial charge in [-0.2, -0.15) is 0 Å². The van der Waals surface area contributed by atoms with Crippen LogP contribution in [0.2, 0.25) is 0 Å². The molecule has 0 saturated carbocycles. The van der Waals surface area contributed by atoms with Gasteiger partial charge < -0.3 is 5.32 Å². The molecule has 1 N–H and O–H groups in total. The predicted octanol–water partition coefficient (Wildman–Crippen LogP) is 3.34. The summed E-state index contributed by atoms with van der Waals surface area (Å²) in [5.41, 5.74) is 0. The van der Waals surface area contributed by atoms with Crippen molar-refractivity contribution < 1.29 is 0 Å². The monoisotopic (exact) mass is 183 g/mol. The lowest BCUT2D eigenvalue weighted by Crippen LogP contribution is -2.24. The molecule has 0 aromatic heterocycles. The molecule has 1 aliphatic rings. The summed E-state index contributed by atoms with van der Waals surface area (Å²) in [6.07, 6.45) is 9.84. The number of rotatable bonds is 6. The minimum Gasteiger partial charge on any atom is -0.314 e. The van der Waals surface area contributed by atoms with Crippen LogP contribution in [-0.2, 0) is 0 Å². The van der Waals surface area contributed by atoms with Gasteiger partial charge in [0.1, 0.15) is 0 Å². The maximum absolute atomic E-state index is 3.60. The summed E-state index contributed by atoms with van der Waals surface area (Å²) < 4.78 is 0. The van der Waals surface area contributed by atoms with Gasteiger partial charge in [0.05, 0.1) is 0 Å². The third kappa shape index (κ3) is 4.12. The largest absolute Gasteiger partial charge is 0.314 e. The van der Waals surface area contributed by atoms with Crippen molar-refractivity contribution in [3.05, 3.63) is 0 Å². The van der Waals surface area contributed by atoms with Crippen LogP contribution in [0.5, 0.6) is 0 Å². The number of hydrogen-bond donors (Lipinski definition) is 1. The summed E-state index contributed by atoms with van der Waals surface area (Å²) in [7, 11) is 0. The van der Waals surface area contributed by atoms with Crippen molar-refractivity contribution in [1.82, 2.24) is 5.32 Å². The first-order valence-corrected chi connectivity index (χ1v) is 6.10. The molecule has 1 fully saturated rings. The molecule has 2 atom stereocenters. The van der Waals surface area contributed by atoms with Gasteiger partial charge in [-0.1, -0.05) is 39.5 Å². The predicted molar refractivity (Wildman–Crippen MR) is 58.9 cm³/mol. The second-order valence-corrected chi connectivity index (χ2v) is 4.45. The zero-order valence-electron chi connectivity index (χ0n) is 9.31. The highest BCUT2D eigenvalue weighted by Gasteiger charge is 2.17. The topological polar surface area (TPSA) is 12.0 Å². The normalized spacial score (nSPS) is 24.9. The Kier molecular flexibility index (Phi) is 5.45. The van der Waals surface area contributed by atoms with Gasteiger partial charge in [-0.05, 0) is 31.7 Å². The Hall–Kier alpha value is -0.0400. The molecule has 1 heteroatoms. The fourth-order valence-electron chi connectivity index (χ4n) is 2.34. The SMILES string of the molecule is CCCCC(CC)C[C@H]1CCCN1. The van der Waals surface area contributed by atoms with Crippen molar-refractivity contribution in [2.75, 3.05) is 6.54 Å². The zero-order valence-corrected chi connectivity index (χ0v) is 9.31. The fraction of sp³-hybridized carbons (Fsp3) is 1.00. The maximum Gasteiger partial charge on any atom is 0.00701 e. The van der Waals surface area contributed by atoms with Crippen molar-refractivity contribution in [2.45, 2.75) is 64.8 Å². The third-order valence-corrected chi connectivity index (χ3v) is 3.32. The first kappa shape index (κ1) is 11.0. The van der Waals surface area contributed by atoms with E-state index in [1.54, 1.807) is 0 Å². The van der Waals surface area contributed by atoms with Gasteiger partial charge >= 0.3 is 0 Å². The lowest BCUT2D eigenvalue weighted by Gasteiger charge is -2.18. The highest BCUT2D eigenvalue weighted by molar-refractivity contribution is 4.76. The number of unbranched alkanes of at least 4 members (excludes halogenated alkanes) is 1. The van der Waals surface area contributed by atoms with Crippen LogP contribution in [0.15, 0.2) is 0 Å². The van der Waals surface area contributed by atoms with Gasteiger partial charge in [0.2, 0.25) is 0 Å². The lowest BCUT2D eigenvalue weighted by molar-refractivity contribution is 0.369. The molecule has 1 unspecified atom stereocenters. The molecule has 0 bridgehead atoms. The van der Waals surface area contributed by atoms with E-state index in [4.69, 9.17) is 0 Å². The molecule has 0 aliphatic carbocycles. The first-order chi connectivity index (χ1) is 6.36. The maximum atomic E-state index is 3.60. The summed E-state index contributed by atoms with van der Waals surface area (Å²) >= 11 is 0. The Balaban J connectivity index is 2.13. The molecule has 0 amide bonds. The van der Waals surface area contributed by atoms with Crippen LogP contribution in [-0.4, -0.2) is 12.6 Å². The van der Waals surface area contributed by atoms with Crippen molar-refractivity contribution in [2.24, 2.45) is 5.92 Å². The van der Waals surface area contributed by atoms with Gasteiger partial charge in [0.15, 0.2) is 0 Å². The molecule has 78 valence electrons. The van der Waals surface area contributed by atoms with Crippen LogP contribution < -0.4 is 5.32 Å². The van der Waals surface area contributed by atoms with Crippen LogP contribution in [0, 0.1) is 5.92 Å². The van der Waals surface area contributed by atoms with Gasteiger partial charge in [-0.15, -0.1) is 0 Å². The molecule has 13 heavy (non-hydrogen) atoms. The van der Waals surface area contributed by atoms with Gasteiger partial charge in [0.25, 0.3) is 0 Å². The van der Waals surface area contributed by atoms with Gasteiger partial charge in [-0.3, -0.25) is 0 Å². The number of nitrogens with one attached hydrogen (secondary N) is 1. The summed E-state index contributed by atoms with van der Waals surface area (Å²) in [4.78, 5) is 0. The standard InChI is InChI=1S/C12H25N/c1-3-5-7-11(4-2)10-12-8-6-9-13-12/h11-13H,3-10H2,1-2H3/t11?,12-/m1/s1. The second-order valence-electron chi connectivity index (χ2n) is 4.45. The van der Waals surface area contributed by atoms with E-state index in [9.17, 15) is 0 Å². The van der Waals surface area contributed by atoms with Crippen LogP contribution >= 0.6 is 0 Å². The average molecular weight is 183 g/mol. The van der Waals surface area contributed by atoms with E-state index in [-0.39, 0.29) is 0 Å². The van der Waals surface area contributed by atoms with Crippen molar-refractivity contribution >= 4 is 0 Å². The van der Waals surface area contributed by atoms with Gasteiger partial charge in [-0.25, -0.2) is 0 Å². The Labute approximate surface area is 83.3 Å². The molecule has 1 heterocycles. The molecule has 0 aromatic rings. The van der Waals surface area contributed by atoms with Crippen molar-refractivity contribution in [1.29, 1.82) is 0 Å². The molecule has 1 saturated heterocycles. The summed E-state index contributed by atoms with van der Waals surface area (Å²) in [5, 5.41) is 3.60. The Morgan fingerprint density at radius 1 is 1.38 bits per heavy atom. The van der Waals surface area contributed by atoms with Crippen LogP contribution in [0.4, 0.5) is 0 Å². The Morgan fingerprint density at radius 3 is 2.77 bits per heavy atom. The van der Waals surface area contributed by atoms with E-state index in [1.807, 2.05) is 0 Å². The fourth-order valence-corrected chi connectivity index (χ4v) is 2.34. The van der Waals surface area contributed by atoms with Crippen LogP contribution in [0.25, 0.3) is 0 Å². The highest BCUT2D eigenvalue weighted by atomic mass is 14.9. The number of hydrogen-bond acceptors (Lipinski definition) is 1. The third-order valence-electron chi connectivity index (χ3n) is 3.32. The molecular weight excluding hydrogens is 158 g/mol. The molecule has 0 spiro atoms. The quantitative estimate of drug-likeness (QED) is 0.666. The minimum atomic E-state index is 0.849. The molecule has 0 radical (unpaired) electrons. The highest BCUT2D eigenvalue weighted by Crippen LogP contribution is 2.22. The molecule has 1 nitrogen and oxygen atoms in total. The van der Waals surface area contributed by atoms with E-state index in [2.05, 4.69) is 19.2 Å². The summed E-state index contributed by atoms with van der Waals surface area (Å²) in [6.45, 7) is 5.89. The Bertz CT molecular complexity index is 116.